The Hall–Kier alpha value is -0.170. The highest BCUT2D eigenvalue weighted by Gasteiger charge is 2.32. The van der Waals surface area contributed by atoms with Gasteiger partial charge in [0.15, 0.2) is 0 Å². The van der Waals surface area contributed by atoms with Gasteiger partial charge in [0, 0.05) is 53.9 Å². The Bertz CT molecular complexity index is 369. The zero-order chi connectivity index (χ0) is 13.0. The van der Waals surface area contributed by atoms with E-state index in [2.05, 4.69) is 45.4 Å². The van der Waals surface area contributed by atoms with Crippen LogP contribution in [0.15, 0.2) is 12.4 Å². The monoisotopic (exact) mass is 286 g/mol. The summed E-state index contributed by atoms with van der Waals surface area (Å²) in [7, 11) is 2.04. The van der Waals surface area contributed by atoms with Crippen molar-refractivity contribution in [3.8, 4) is 0 Å². The van der Waals surface area contributed by atoms with Gasteiger partial charge in [0.2, 0.25) is 0 Å². The van der Waals surface area contributed by atoms with Crippen molar-refractivity contribution in [2.75, 3.05) is 11.5 Å². The lowest BCUT2D eigenvalue weighted by molar-refractivity contribution is 0.476. The standard InChI is InChI=1S/C12H22N4S2/c1-3-10-12(18-7-6-17-10)9(15-13)8-11-14-4-5-16(11)2/h4-5,9-10,12,15H,3,6-8,13H2,1-2H3. The van der Waals surface area contributed by atoms with Crippen LogP contribution in [0, 0.1) is 0 Å². The van der Waals surface area contributed by atoms with Crippen LogP contribution in [-0.4, -0.2) is 37.6 Å². The molecule has 1 fully saturated rings. The van der Waals surface area contributed by atoms with E-state index in [-0.39, 0.29) is 0 Å². The number of nitrogens with zero attached hydrogens (tertiary/aromatic N) is 2. The molecule has 0 radical (unpaired) electrons. The Morgan fingerprint density at radius 2 is 2.33 bits per heavy atom. The average molecular weight is 286 g/mol. The highest BCUT2D eigenvalue weighted by molar-refractivity contribution is 8.07. The zero-order valence-corrected chi connectivity index (χ0v) is 12.6. The second-order valence-electron chi connectivity index (χ2n) is 4.58. The van der Waals surface area contributed by atoms with Gasteiger partial charge in [-0.05, 0) is 6.42 Å². The van der Waals surface area contributed by atoms with Crippen LogP contribution in [0.4, 0.5) is 0 Å². The number of nitrogens with one attached hydrogen (secondary N) is 1. The molecule has 1 aliphatic rings. The van der Waals surface area contributed by atoms with E-state index in [4.69, 9.17) is 5.84 Å². The van der Waals surface area contributed by atoms with E-state index in [0.717, 1.165) is 12.2 Å². The molecule has 0 spiro atoms. The predicted octanol–water partition coefficient (Wildman–Crippen LogP) is 1.42. The van der Waals surface area contributed by atoms with Crippen LogP contribution in [0.25, 0.3) is 0 Å². The van der Waals surface area contributed by atoms with E-state index in [0.29, 0.717) is 16.5 Å². The van der Waals surface area contributed by atoms with Crippen molar-refractivity contribution in [1.82, 2.24) is 15.0 Å². The van der Waals surface area contributed by atoms with Gasteiger partial charge in [0.05, 0.1) is 0 Å². The van der Waals surface area contributed by atoms with E-state index >= 15 is 0 Å². The summed E-state index contributed by atoms with van der Waals surface area (Å²) in [5, 5.41) is 1.28. The minimum absolute atomic E-state index is 0.300. The number of hydrazine groups is 1. The fourth-order valence-corrected chi connectivity index (χ4v) is 5.62. The number of hydrogen-bond donors (Lipinski definition) is 2. The van der Waals surface area contributed by atoms with E-state index in [1.54, 1.807) is 0 Å². The van der Waals surface area contributed by atoms with Gasteiger partial charge in [0.25, 0.3) is 0 Å². The van der Waals surface area contributed by atoms with Gasteiger partial charge < -0.3 is 4.57 Å². The lowest BCUT2D eigenvalue weighted by atomic mass is 10.1. The zero-order valence-electron chi connectivity index (χ0n) is 11.0. The third kappa shape index (κ3) is 3.23. The summed E-state index contributed by atoms with van der Waals surface area (Å²) in [5.74, 6) is 9.37. The fourth-order valence-electron chi connectivity index (χ4n) is 2.37. The van der Waals surface area contributed by atoms with E-state index < -0.39 is 0 Å². The smallest absolute Gasteiger partial charge is 0.110 e. The molecular formula is C12H22N4S2. The van der Waals surface area contributed by atoms with Gasteiger partial charge >= 0.3 is 0 Å². The number of aryl methyl sites for hydroxylation is 1. The molecule has 2 rings (SSSR count). The van der Waals surface area contributed by atoms with Crippen molar-refractivity contribution in [2.24, 2.45) is 12.9 Å². The van der Waals surface area contributed by atoms with Gasteiger partial charge in [-0.3, -0.25) is 11.3 Å². The summed E-state index contributed by atoms with van der Waals surface area (Å²) in [6.45, 7) is 2.27. The van der Waals surface area contributed by atoms with Crippen LogP contribution in [-0.2, 0) is 13.5 Å². The maximum Gasteiger partial charge on any atom is 0.110 e. The van der Waals surface area contributed by atoms with Crippen LogP contribution in [0.3, 0.4) is 0 Å². The Kier molecular flexibility index (Phi) is 5.41. The molecule has 1 saturated heterocycles. The van der Waals surface area contributed by atoms with E-state index in [9.17, 15) is 0 Å². The number of hydrogen-bond acceptors (Lipinski definition) is 5. The van der Waals surface area contributed by atoms with Crippen LogP contribution >= 0.6 is 23.5 Å². The number of rotatable bonds is 5. The largest absolute Gasteiger partial charge is 0.338 e. The van der Waals surface area contributed by atoms with Gasteiger partial charge in [-0.1, -0.05) is 6.92 Å². The van der Waals surface area contributed by atoms with Crippen molar-refractivity contribution < 1.29 is 0 Å². The molecule has 0 saturated carbocycles. The topological polar surface area (TPSA) is 55.9 Å². The number of imidazole rings is 1. The van der Waals surface area contributed by atoms with Gasteiger partial charge in [-0.25, -0.2) is 4.98 Å². The molecule has 2 heterocycles. The first-order valence-electron chi connectivity index (χ1n) is 6.41. The van der Waals surface area contributed by atoms with E-state index in [1.807, 2.05) is 19.4 Å². The lowest BCUT2D eigenvalue weighted by Crippen LogP contribution is -2.49. The van der Waals surface area contributed by atoms with Crippen molar-refractivity contribution in [3.63, 3.8) is 0 Å². The Morgan fingerprint density at radius 3 is 2.94 bits per heavy atom. The summed E-state index contributed by atoms with van der Waals surface area (Å²) in [5.41, 5.74) is 3.01. The highest BCUT2D eigenvalue weighted by atomic mass is 32.2. The second kappa shape index (κ2) is 6.84. The number of aromatic nitrogens is 2. The molecule has 1 aromatic rings. The molecule has 4 nitrogen and oxygen atoms in total. The maximum atomic E-state index is 5.78. The van der Waals surface area contributed by atoms with Crippen molar-refractivity contribution >= 4 is 23.5 Å². The van der Waals surface area contributed by atoms with Crippen molar-refractivity contribution in [2.45, 2.75) is 36.3 Å². The minimum Gasteiger partial charge on any atom is -0.338 e. The molecular weight excluding hydrogens is 264 g/mol. The first-order chi connectivity index (χ1) is 8.76. The minimum atomic E-state index is 0.300. The first-order valence-corrected chi connectivity index (χ1v) is 8.51. The SMILES string of the molecule is CCC1SCCSC1C(Cc1nccn1C)NN. The summed E-state index contributed by atoms with van der Waals surface area (Å²) in [4.78, 5) is 4.40. The third-order valence-corrected chi connectivity index (χ3v) is 6.84. The molecule has 102 valence electrons. The number of thioether (sulfide) groups is 2. The molecule has 0 bridgehead atoms. The second-order valence-corrected chi connectivity index (χ2v) is 7.22. The molecule has 1 aromatic heterocycles. The molecule has 1 aliphatic heterocycles. The molecule has 3 atom stereocenters. The van der Waals surface area contributed by atoms with Crippen LogP contribution in [0.5, 0.6) is 0 Å². The average Bonchev–Trinajstić information content (AvgIpc) is 2.81. The van der Waals surface area contributed by atoms with Crippen molar-refractivity contribution in [1.29, 1.82) is 0 Å². The quantitative estimate of drug-likeness (QED) is 0.633. The number of nitrogens with two attached hydrogens (primary N) is 1. The van der Waals surface area contributed by atoms with Crippen LogP contribution < -0.4 is 11.3 Å². The van der Waals surface area contributed by atoms with Crippen LogP contribution in [0.1, 0.15) is 19.2 Å². The summed E-state index contributed by atoms with van der Waals surface area (Å²) in [6, 6.07) is 0.300. The lowest BCUT2D eigenvalue weighted by Gasteiger charge is -2.35. The molecule has 18 heavy (non-hydrogen) atoms. The van der Waals surface area contributed by atoms with Gasteiger partial charge in [0.1, 0.15) is 5.82 Å². The Labute approximate surface area is 117 Å². The summed E-state index contributed by atoms with van der Waals surface area (Å²) >= 11 is 4.14. The fraction of sp³-hybridized carbons (Fsp3) is 0.750. The molecule has 3 N–H and O–H groups in total. The van der Waals surface area contributed by atoms with Crippen molar-refractivity contribution in [3.05, 3.63) is 18.2 Å². The third-order valence-electron chi connectivity index (χ3n) is 3.43. The maximum absolute atomic E-state index is 5.78. The predicted molar refractivity (Wildman–Crippen MR) is 80.8 cm³/mol. The first kappa shape index (κ1) is 14.2. The Balaban J connectivity index is 2.05. The molecule has 0 aromatic carbocycles. The molecule has 6 heteroatoms. The molecule has 0 aliphatic carbocycles. The highest BCUT2D eigenvalue weighted by Crippen LogP contribution is 2.35. The molecule has 0 amide bonds. The molecule has 3 unspecified atom stereocenters. The van der Waals surface area contributed by atoms with Crippen LogP contribution in [0.2, 0.25) is 0 Å². The Morgan fingerprint density at radius 1 is 1.56 bits per heavy atom. The van der Waals surface area contributed by atoms with Gasteiger partial charge in [-0.15, -0.1) is 0 Å². The summed E-state index contributed by atoms with van der Waals surface area (Å²) in [6.07, 6.45) is 5.95. The van der Waals surface area contributed by atoms with E-state index in [1.165, 1.54) is 17.9 Å². The normalized spacial score (nSPS) is 26.2. The van der Waals surface area contributed by atoms with Gasteiger partial charge in [-0.2, -0.15) is 23.5 Å². The summed E-state index contributed by atoms with van der Waals surface area (Å²) < 4.78 is 2.08.